The molecule has 0 aliphatic carbocycles. The summed E-state index contributed by atoms with van der Waals surface area (Å²) in [6, 6.07) is 17.3. The quantitative estimate of drug-likeness (QED) is 0.734. The van der Waals surface area contributed by atoms with Gasteiger partial charge in [-0.15, -0.1) is 0 Å². The van der Waals surface area contributed by atoms with E-state index in [4.69, 9.17) is 4.98 Å². The molecule has 0 aliphatic heterocycles. The van der Waals surface area contributed by atoms with Crippen molar-refractivity contribution in [1.82, 2.24) is 9.55 Å². The summed E-state index contributed by atoms with van der Waals surface area (Å²) in [7, 11) is 0. The third-order valence-corrected chi connectivity index (χ3v) is 3.45. The second kappa shape index (κ2) is 5.52. The zero-order valence-corrected chi connectivity index (χ0v) is 12.3. The lowest BCUT2D eigenvalue weighted by Crippen LogP contribution is -2.24. The van der Waals surface area contributed by atoms with Crippen molar-refractivity contribution in [2.75, 3.05) is 0 Å². The molecule has 3 nitrogen and oxygen atoms in total. The number of fused-ring (bicyclic) bond motifs is 1. The molecule has 3 rings (SSSR count). The standard InChI is InChI=1S/C18H18N2O/c1-13(2)12-17-19-16-11-7-6-10-15(16)18(21)20(17)14-8-4-3-5-9-14/h3-11,13H,12H2,1-2H3. The van der Waals surface area contributed by atoms with Crippen LogP contribution in [0.15, 0.2) is 59.4 Å². The Bertz CT molecular complexity index is 819. The van der Waals surface area contributed by atoms with Gasteiger partial charge in [0.2, 0.25) is 0 Å². The minimum Gasteiger partial charge on any atom is -0.268 e. The molecule has 0 amide bonds. The lowest BCUT2D eigenvalue weighted by molar-refractivity contribution is 0.606. The number of hydrogen-bond donors (Lipinski definition) is 0. The minimum atomic E-state index is 0.00227. The summed E-state index contributed by atoms with van der Waals surface area (Å²) in [6.45, 7) is 4.27. The molecule has 0 N–H and O–H groups in total. The van der Waals surface area contributed by atoms with E-state index in [9.17, 15) is 4.79 Å². The summed E-state index contributed by atoms with van der Waals surface area (Å²) >= 11 is 0. The minimum absolute atomic E-state index is 0.00227. The van der Waals surface area contributed by atoms with E-state index in [1.165, 1.54) is 0 Å². The van der Waals surface area contributed by atoms with Crippen LogP contribution in [-0.4, -0.2) is 9.55 Å². The van der Waals surface area contributed by atoms with Crippen molar-refractivity contribution >= 4 is 10.9 Å². The Morgan fingerprint density at radius 1 is 1.00 bits per heavy atom. The van der Waals surface area contributed by atoms with E-state index in [0.29, 0.717) is 11.3 Å². The topological polar surface area (TPSA) is 34.9 Å². The van der Waals surface area contributed by atoms with Crippen molar-refractivity contribution in [3.63, 3.8) is 0 Å². The Morgan fingerprint density at radius 3 is 2.38 bits per heavy atom. The number of aromatic nitrogens is 2. The zero-order chi connectivity index (χ0) is 14.8. The Balaban J connectivity index is 2.34. The number of nitrogens with zero attached hydrogens (tertiary/aromatic N) is 2. The second-order valence-corrected chi connectivity index (χ2v) is 5.62. The molecule has 0 saturated heterocycles. The average Bonchev–Trinajstić information content (AvgIpc) is 2.48. The van der Waals surface area contributed by atoms with Gasteiger partial charge in [0.1, 0.15) is 5.82 Å². The van der Waals surface area contributed by atoms with Crippen LogP contribution in [0, 0.1) is 5.92 Å². The fraction of sp³-hybridized carbons (Fsp3) is 0.222. The van der Waals surface area contributed by atoms with Gasteiger partial charge in [-0.3, -0.25) is 9.36 Å². The Morgan fingerprint density at radius 2 is 1.67 bits per heavy atom. The van der Waals surface area contributed by atoms with Crippen molar-refractivity contribution in [3.8, 4) is 5.69 Å². The van der Waals surface area contributed by atoms with E-state index in [-0.39, 0.29) is 5.56 Å². The molecule has 3 aromatic rings. The van der Waals surface area contributed by atoms with Gasteiger partial charge >= 0.3 is 0 Å². The molecule has 3 heteroatoms. The molecule has 0 bridgehead atoms. The van der Waals surface area contributed by atoms with Crippen LogP contribution < -0.4 is 5.56 Å². The van der Waals surface area contributed by atoms with Crippen LogP contribution in [0.2, 0.25) is 0 Å². The number of benzene rings is 2. The molecule has 0 fully saturated rings. The number of rotatable bonds is 3. The van der Waals surface area contributed by atoms with Gasteiger partial charge in [-0.1, -0.05) is 44.2 Å². The second-order valence-electron chi connectivity index (χ2n) is 5.62. The SMILES string of the molecule is CC(C)Cc1nc2ccccc2c(=O)n1-c1ccccc1. The van der Waals surface area contributed by atoms with E-state index >= 15 is 0 Å². The molecule has 1 aromatic heterocycles. The first-order chi connectivity index (χ1) is 10.2. The van der Waals surface area contributed by atoms with Gasteiger partial charge in [0.25, 0.3) is 5.56 Å². The summed E-state index contributed by atoms with van der Waals surface area (Å²) in [6.07, 6.45) is 0.773. The van der Waals surface area contributed by atoms with E-state index in [2.05, 4.69) is 13.8 Å². The van der Waals surface area contributed by atoms with Crippen molar-refractivity contribution in [2.45, 2.75) is 20.3 Å². The largest absolute Gasteiger partial charge is 0.268 e. The van der Waals surface area contributed by atoms with Gasteiger partial charge in [0.15, 0.2) is 0 Å². The molecule has 0 unspecified atom stereocenters. The van der Waals surface area contributed by atoms with Crippen LogP contribution in [0.25, 0.3) is 16.6 Å². The molecule has 21 heavy (non-hydrogen) atoms. The molecule has 106 valence electrons. The number of hydrogen-bond acceptors (Lipinski definition) is 2. The highest BCUT2D eigenvalue weighted by Gasteiger charge is 2.13. The molecular formula is C18H18N2O. The van der Waals surface area contributed by atoms with Crippen LogP contribution in [0.4, 0.5) is 0 Å². The maximum Gasteiger partial charge on any atom is 0.265 e. The maximum absolute atomic E-state index is 12.9. The van der Waals surface area contributed by atoms with Crippen LogP contribution in [0.5, 0.6) is 0 Å². The molecule has 0 aliphatic rings. The van der Waals surface area contributed by atoms with Crippen molar-refractivity contribution in [1.29, 1.82) is 0 Å². The lowest BCUT2D eigenvalue weighted by atomic mass is 10.1. The van der Waals surface area contributed by atoms with Crippen LogP contribution >= 0.6 is 0 Å². The Kier molecular flexibility index (Phi) is 3.57. The fourth-order valence-corrected chi connectivity index (χ4v) is 2.52. The van der Waals surface area contributed by atoms with Gasteiger partial charge in [0, 0.05) is 6.42 Å². The highest BCUT2D eigenvalue weighted by atomic mass is 16.1. The van der Waals surface area contributed by atoms with Gasteiger partial charge in [-0.05, 0) is 30.2 Å². The predicted octanol–water partition coefficient (Wildman–Crippen LogP) is 3.58. The third kappa shape index (κ3) is 2.59. The van der Waals surface area contributed by atoms with Gasteiger partial charge in [-0.2, -0.15) is 0 Å². The van der Waals surface area contributed by atoms with Crippen molar-refractivity contribution in [2.24, 2.45) is 5.92 Å². The van der Waals surface area contributed by atoms with E-state index < -0.39 is 0 Å². The monoisotopic (exact) mass is 278 g/mol. The molecule has 0 spiro atoms. The van der Waals surface area contributed by atoms with Crippen molar-refractivity contribution in [3.05, 3.63) is 70.8 Å². The Hall–Kier alpha value is -2.42. The highest BCUT2D eigenvalue weighted by molar-refractivity contribution is 5.77. The lowest BCUT2D eigenvalue weighted by Gasteiger charge is -2.15. The fourth-order valence-electron chi connectivity index (χ4n) is 2.52. The third-order valence-electron chi connectivity index (χ3n) is 3.45. The molecule has 1 heterocycles. The molecule has 2 aromatic carbocycles. The molecule has 0 atom stereocenters. The van der Waals surface area contributed by atoms with E-state index in [1.807, 2.05) is 54.6 Å². The van der Waals surface area contributed by atoms with Crippen molar-refractivity contribution < 1.29 is 0 Å². The van der Waals surface area contributed by atoms with Gasteiger partial charge in [0.05, 0.1) is 16.6 Å². The summed E-state index contributed by atoms with van der Waals surface area (Å²) < 4.78 is 1.74. The number of para-hydroxylation sites is 2. The summed E-state index contributed by atoms with van der Waals surface area (Å²) in [5.74, 6) is 1.26. The smallest absolute Gasteiger partial charge is 0.265 e. The zero-order valence-electron chi connectivity index (χ0n) is 12.3. The van der Waals surface area contributed by atoms with E-state index in [0.717, 1.165) is 23.4 Å². The summed E-state index contributed by atoms with van der Waals surface area (Å²) in [5.41, 5.74) is 1.64. The summed E-state index contributed by atoms with van der Waals surface area (Å²) in [4.78, 5) is 17.6. The Labute approximate surface area is 123 Å². The molecule has 0 saturated carbocycles. The first-order valence-corrected chi connectivity index (χ1v) is 7.23. The van der Waals surface area contributed by atoms with Crippen LogP contribution in [-0.2, 0) is 6.42 Å². The van der Waals surface area contributed by atoms with E-state index in [1.54, 1.807) is 4.57 Å². The van der Waals surface area contributed by atoms with Crippen LogP contribution in [0.1, 0.15) is 19.7 Å². The molecular weight excluding hydrogens is 260 g/mol. The predicted molar refractivity (Wildman–Crippen MR) is 85.9 cm³/mol. The maximum atomic E-state index is 12.9. The molecule has 0 radical (unpaired) electrons. The normalized spacial score (nSPS) is 11.2. The van der Waals surface area contributed by atoms with Gasteiger partial charge in [-0.25, -0.2) is 4.98 Å². The van der Waals surface area contributed by atoms with Crippen LogP contribution in [0.3, 0.4) is 0 Å². The van der Waals surface area contributed by atoms with Gasteiger partial charge < -0.3 is 0 Å². The first-order valence-electron chi connectivity index (χ1n) is 7.23. The summed E-state index contributed by atoms with van der Waals surface area (Å²) in [5, 5.41) is 0.661. The highest BCUT2D eigenvalue weighted by Crippen LogP contribution is 2.15. The first kappa shape index (κ1) is 13.6. The average molecular weight is 278 g/mol.